The molecular weight excluding hydrogens is 292 g/mol. The van der Waals surface area contributed by atoms with Crippen LogP contribution < -0.4 is 27.4 Å². The molecule has 0 radical (unpaired) electrons. The molecule has 23 heavy (non-hydrogen) atoms. The third-order valence-corrected chi connectivity index (χ3v) is 3.96. The molecule has 0 spiro atoms. The highest BCUT2D eigenvalue weighted by molar-refractivity contribution is 5.81. The number of rotatable bonds is 6. The first-order chi connectivity index (χ1) is 11.0. The SMILES string of the molecule is Cc1cccc(OCC(N=C(N)NN=C(N)N)C2CCCC2)c1. The van der Waals surface area contributed by atoms with Crippen molar-refractivity contribution in [3.05, 3.63) is 29.8 Å². The Labute approximate surface area is 137 Å². The van der Waals surface area contributed by atoms with Crippen LogP contribution in [0.1, 0.15) is 31.2 Å². The molecule has 7 nitrogen and oxygen atoms in total. The number of aliphatic imine (C=N–C) groups is 1. The van der Waals surface area contributed by atoms with Crippen LogP contribution in [0.2, 0.25) is 0 Å². The molecular formula is C16H26N6O. The van der Waals surface area contributed by atoms with Gasteiger partial charge in [-0.05, 0) is 43.4 Å². The van der Waals surface area contributed by atoms with Gasteiger partial charge in [-0.15, -0.1) is 5.10 Å². The predicted molar refractivity (Wildman–Crippen MR) is 93.0 cm³/mol. The highest BCUT2D eigenvalue weighted by atomic mass is 16.5. The molecule has 0 aromatic heterocycles. The van der Waals surface area contributed by atoms with E-state index in [1.807, 2.05) is 31.2 Å². The molecule has 1 aromatic carbocycles. The lowest BCUT2D eigenvalue weighted by atomic mass is 9.99. The van der Waals surface area contributed by atoms with Crippen LogP contribution in [0.5, 0.6) is 5.75 Å². The molecule has 7 N–H and O–H groups in total. The number of hydrogen-bond acceptors (Lipinski definition) is 3. The second-order valence-corrected chi connectivity index (χ2v) is 5.90. The summed E-state index contributed by atoms with van der Waals surface area (Å²) in [5.41, 5.74) is 20.1. The lowest BCUT2D eigenvalue weighted by molar-refractivity contribution is 0.248. The van der Waals surface area contributed by atoms with Crippen LogP contribution in [0, 0.1) is 12.8 Å². The third kappa shape index (κ3) is 5.69. The minimum atomic E-state index is -0.0865. The van der Waals surface area contributed by atoms with Crippen molar-refractivity contribution in [3.8, 4) is 5.75 Å². The fraction of sp³-hybridized carbons (Fsp3) is 0.500. The molecule has 126 valence electrons. The lowest BCUT2D eigenvalue weighted by Crippen LogP contribution is -2.36. The monoisotopic (exact) mass is 318 g/mol. The smallest absolute Gasteiger partial charge is 0.209 e. The summed E-state index contributed by atoms with van der Waals surface area (Å²) in [4.78, 5) is 4.51. The van der Waals surface area contributed by atoms with Crippen molar-refractivity contribution < 1.29 is 4.74 Å². The second-order valence-electron chi connectivity index (χ2n) is 5.90. The van der Waals surface area contributed by atoms with E-state index in [1.165, 1.54) is 12.8 Å². The molecule has 7 heteroatoms. The van der Waals surface area contributed by atoms with E-state index < -0.39 is 0 Å². The number of hydrogen-bond donors (Lipinski definition) is 4. The summed E-state index contributed by atoms with van der Waals surface area (Å²) in [5, 5.41) is 3.66. The maximum atomic E-state index is 5.91. The Morgan fingerprint density at radius 3 is 2.70 bits per heavy atom. The fourth-order valence-electron chi connectivity index (χ4n) is 2.84. The van der Waals surface area contributed by atoms with E-state index in [4.69, 9.17) is 21.9 Å². The molecule has 0 amide bonds. The fourth-order valence-corrected chi connectivity index (χ4v) is 2.84. The Morgan fingerprint density at radius 1 is 1.30 bits per heavy atom. The van der Waals surface area contributed by atoms with E-state index in [1.54, 1.807) is 0 Å². The molecule has 1 aliphatic rings. The molecule has 0 heterocycles. The summed E-state index contributed by atoms with van der Waals surface area (Å²) < 4.78 is 5.91. The van der Waals surface area contributed by atoms with Crippen molar-refractivity contribution in [2.45, 2.75) is 38.6 Å². The van der Waals surface area contributed by atoms with E-state index in [2.05, 4.69) is 15.5 Å². The van der Waals surface area contributed by atoms with Gasteiger partial charge in [0.25, 0.3) is 0 Å². The Kier molecular flexibility index (Phi) is 6.08. The second kappa shape index (κ2) is 8.26. The number of guanidine groups is 2. The van der Waals surface area contributed by atoms with Gasteiger partial charge in [-0.2, -0.15) is 0 Å². The quantitative estimate of drug-likeness (QED) is 0.354. The van der Waals surface area contributed by atoms with Crippen molar-refractivity contribution in [1.29, 1.82) is 0 Å². The van der Waals surface area contributed by atoms with Gasteiger partial charge in [-0.3, -0.25) is 0 Å². The highest BCUT2D eigenvalue weighted by Crippen LogP contribution is 2.29. The van der Waals surface area contributed by atoms with E-state index in [9.17, 15) is 0 Å². The Balaban J connectivity index is 2.02. The Hall–Kier alpha value is -2.44. The van der Waals surface area contributed by atoms with E-state index >= 15 is 0 Å². The van der Waals surface area contributed by atoms with Gasteiger partial charge in [0.1, 0.15) is 12.4 Å². The van der Waals surface area contributed by atoms with Crippen molar-refractivity contribution >= 4 is 11.9 Å². The highest BCUT2D eigenvalue weighted by Gasteiger charge is 2.25. The van der Waals surface area contributed by atoms with Crippen molar-refractivity contribution in [2.75, 3.05) is 6.61 Å². The lowest BCUT2D eigenvalue weighted by Gasteiger charge is -2.20. The van der Waals surface area contributed by atoms with Crippen LogP contribution in [-0.4, -0.2) is 24.6 Å². The van der Waals surface area contributed by atoms with Crippen LogP contribution in [0.4, 0.5) is 0 Å². The van der Waals surface area contributed by atoms with Gasteiger partial charge in [0, 0.05) is 0 Å². The number of nitrogens with one attached hydrogen (secondary N) is 1. The summed E-state index contributed by atoms with van der Waals surface area (Å²) in [6.45, 7) is 2.52. The molecule has 1 saturated carbocycles. The van der Waals surface area contributed by atoms with Gasteiger partial charge in [0.15, 0.2) is 0 Å². The number of benzene rings is 1. The third-order valence-electron chi connectivity index (χ3n) is 3.96. The number of aryl methyl sites for hydroxylation is 1. The summed E-state index contributed by atoms with van der Waals surface area (Å²) >= 11 is 0. The zero-order valence-corrected chi connectivity index (χ0v) is 13.5. The van der Waals surface area contributed by atoms with Crippen LogP contribution >= 0.6 is 0 Å². The van der Waals surface area contributed by atoms with Gasteiger partial charge >= 0.3 is 0 Å². The Morgan fingerprint density at radius 2 is 2.04 bits per heavy atom. The minimum absolute atomic E-state index is 0.0142. The number of ether oxygens (including phenoxy) is 1. The van der Waals surface area contributed by atoms with Gasteiger partial charge in [-0.1, -0.05) is 25.0 Å². The van der Waals surface area contributed by atoms with Crippen molar-refractivity contribution in [1.82, 2.24) is 5.43 Å². The topological polar surface area (TPSA) is 124 Å². The number of hydrazone groups is 1. The van der Waals surface area contributed by atoms with Crippen LogP contribution in [0.25, 0.3) is 0 Å². The summed E-state index contributed by atoms with van der Waals surface area (Å²) in [6.07, 6.45) is 4.73. The summed E-state index contributed by atoms with van der Waals surface area (Å²) in [6, 6.07) is 7.96. The van der Waals surface area contributed by atoms with Crippen LogP contribution in [0.15, 0.2) is 34.4 Å². The molecule has 1 aromatic rings. The molecule has 1 fully saturated rings. The van der Waals surface area contributed by atoms with Gasteiger partial charge in [0.05, 0.1) is 6.04 Å². The average molecular weight is 318 g/mol. The zero-order valence-electron chi connectivity index (χ0n) is 13.5. The zero-order chi connectivity index (χ0) is 16.7. The maximum Gasteiger partial charge on any atom is 0.209 e. The van der Waals surface area contributed by atoms with Gasteiger partial charge in [0.2, 0.25) is 11.9 Å². The molecule has 0 bridgehead atoms. The van der Waals surface area contributed by atoms with E-state index in [0.717, 1.165) is 24.2 Å². The standard InChI is InChI=1S/C16H26N6O/c1-11-5-4-8-13(9-11)23-10-14(12-6-2-3-7-12)20-16(19)22-21-15(17)18/h4-5,8-9,12,14H,2-3,6-7,10H2,1H3,(H4,17,18,21)(H3,19,20,22). The maximum absolute atomic E-state index is 5.91. The predicted octanol–water partition coefficient (Wildman–Crippen LogP) is 1.03. The summed E-state index contributed by atoms with van der Waals surface area (Å²) in [7, 11) is 0. The summed E-state index contributed by atoms with van der Waals surface area (Å²) in [5.74, 6) is 1.43. The normalized spacial score (nSPS) is 16.8. The first-order valence-electron chi connectivity index (χ1n) is 7.92. The molecule has 0 saturated heterocycles. The van der Waals surface area contributed by atoms with Crippen LogP contribution in [0.3, 0.4) is 0 Å². The number of nitrogens with zero attached hydrogens (tertiary/aromatic N) is 2. The molecule has 1 unspecified atom stereocenters. The molecule has 1 atom stereocenters. The molecule has 0 aliphatic heterocycles. The van der Waals surface area contributed by atoms with E-state index in [-0.39, 0.29) is 18.0 Å². The van der Waals surface area contributed by atoms with Gasteiger partial charge in [-0.25, -0.2) is 10.4 Å². The minimum Gasteiger partial charge on any atom is -0.491 e. The first kappa shape index (κ1) is 16.9. The van der Waals surface area contributed by atoms with E-state index in [0.29, 0.717) is 12.5 Å². The average Bonchev–Trinajstić information content (AvgIpc) is 3.03. The van der Waals surface area contributed by atoms with Gasteiger partial charge < -0.3 is 21.9 Å². The Bertz CT molecular complexity index is 561. The first-order valence-corrected chi connectivity index (χ1v) is 7.92. The van der Waals surface area contributed by atoms with Crippen LogP contribution in [-0.2, 0) is 0 Å². The molecule has 2 rings (SSSR count). The largest absolute Gasteiger partial charge is 0.491 e. The number of nitrogens with two attached hydrogens (primary N) is 3. The molecule has 1 aliphatic carbocycles. The van der Waals surface area contributed by atoms with Crippen molar-refractivity contribution in [3.63, 3.8) is 0 Å². The van der Waals surface area contributed by atoms with Crippen molar-refractivity contribution in [2.24, 2.45) is 33.2 Å².